The van der Waals surface area contributed by atoms with Crippen molar-refractivity contribution in [3.63, 3.8) is 0 Å². The summed E-state index contributed by atoms with van der Waals surface area (Å²) in [4.78, 5) is 22.2. The minimum atomic E-state index is -3.73. The number of benzene rings is 1. The predicted octanol–water partition coefficient (Wildman–Crippen LogP) is 3.64. The van der Waals surface area contributed by atoms with Crippen LogP contribution in [0.3, 0.4) is 0 Å². The maximum atomic E-state index is 12.8. The second-order valence-corrected chi connectivity index (χ2v) is 10.1. The highest BCUT2D eigenvalue weighted by molar-refractivity contribution is 9.10. The van der Waals surface area contributed by atoms with Crippen molar-refractivity contribution < 1.29 is 17.3 Å². The number of nitrogens with one attached hydrogen (secondary N) is 1. The van der Waals surface area contributed by atoms with Gasteiger partial charge < -0.3 is 13.9 Å². The minimum absolute atomic E-state index is 0.0452. The molecule has 1 aliphatic rings. The van der Waals surface area contributed by atoms with Crippen LogP contribution >= 0.6 is 27.3 Å². The molecule has 0 aliphatic heterocycles. The van der Waals surface area contributed by atoms with Gasteiger partial charge in [-0.05, 0) is 59.3 Å². The first kappa shape index (κ1) is 19.4. The normalized spacial score (nSPS) is 14.1. The van der Waals surface area contributed by atoms with Crippen LogP contribution in [0, 0.1) is 0 Å². The molecule has 0 unspecified atom stereocenters. The van der Waals surface area contributed by atoms with E-state index in [9.17, 15) is 13.2 Å². The maximum Gasteiger partial charge on any atom is 0.306 e. The number of rotatable bonds is 4. The molecule has 1 aliphatic carbocycles. The number of halogens is 1. The van der Waals surface area contributed by atoms with E-state index < -0.39 is 10.1 Å². The fraction of sp³-hybridized carbons (Fsp3) is 0.333. The Hall–Kier alpha value is -1.91. The Balaban J connectivity index is 1.86. The third-order valence-electron chi connectivity index (χ3n) is 4.56. The Morgan fingerprint density at radius 2 is 2.00 bits per heavy atom. The molecule has 2 heterocycles. The molecule has 0 bridgehead atoms. The topological polar surface area (TPSA) is 98.3 Å². The number of ether oxygens (including phenoxy) is 1. The maximum absolute atomic E-state index is 12.8. The highest BCUT2D eigenvalue weighted by Gasteiger charge is 2.22. The standard InChI is InChI=1S/C18H17BrN2O5S2/c1-25-12-8-9(7-11(19)15(12)26-28(2,23)24)16-20-17(22)14-10-5-3-4-6-13(10)27-18(14)21-16/h7-8H,3-6H2,1-2H3,(H,20,21,22). The fourth-order valence-corrected chi connectivity index (χ4v) is 5.76. The lowest BCUT2D eigenvalue weighted by Crippen LogP contribution is -2.11. The van der Waals surface area contributed by atoms with E-state index in [2.05, 4.69) is 25.9 Å². The van der Waals surface area contributed by atoms with Gasteiger partial charge in [0.15, 0.2) is 11.5 Å². The van der Waals surface area contributed by atoms with Gasteiger partial charge in [0, 0.05) is 10.4 Å². The van der Waals surface area contributed by atoms with Gasteiger partial charge in [0.1, 0.15) is 10.7 Å². The van der Waals surface area contributed by atoms with Gasteiger partial charge in [-0.1, -0.05) is 0 Å². The molecule has 0 atom stereocenters. The molecule has 0 amide bonds. The summed E-state index contributed by atoms with van der Waals surface area (Å²) in [6.07, 6.45) is 5.08. The second-order valence-electron chi connectivity index (χ2n) is 6.58. The molecule has 0 saturated carbocycles. The largest absolute Gasteiger partial charge is 0.493 e. The van der Waals surface area contributed by atoms with Crippen LogP contribution in [-0.2, 0) is 23.0 Å². The zero-order valence-electron chi connectivity index (χ0n) is 15.2. The Morgan fingerprint density at radius 3 is 2.71 bits per heavy atom. The van der Waals surface area contributed by atoms with Crippen LogP contribution in [0.1, 0.15) is 23.3 Å². The van der Waals surface area contributed by atoms with Crippen molar-refractivity contribution in [3.8, 4) is 22.9 Å². The van der Waals surface area contributed by atoms with Gasteiger partial charge in [-0.2, -0.15) is 8.42 Å². The summed E-state index contributed by atoms with van der Waals surface area (Å²) in [6.45, 7) is 0. The number of nitrogens with zero attached hydrogens (tertiary/aromatic N) is 1. The molecule has 148 valence electrons. The predicted molar refractivity (Wildman–Crippen MR) is 112 cm³/mol. The van der Waals surface area contributed by atoms with Crippen molar-refractivity contribution in [2.45, 2.75) is 25.7 Å². The van der Waals surface area contributed by atoms with Crippen molar-refractivity contribution in [2.24, 2.45) is 0 Å². The van der Waals surface area contributed by atoms with Gasteiger partial charge >= 0.3 is 10.1 Å². The minimum Gasteiger partial charge on any atom is -0.493 e. The Kier molecular flexibility index (Phi) is 4.96. The number of aromatic nitrogens is 2. The van der Waals surface area contributed by atoms with Crippen LogP contribution in [0.2, 0.25) is 0 Å². The van der Waals surface area contributed by atoms with E-state index in [-0.39, 0.29) is 17.1 Å². The molecule has 1 aromatic carbocycles. The molecule has 0 radical (unpaired) electrons. The quantitative estimate of drug-likeness (QED) is 0.567. The Morgan fingerprint density at radius 1 is 1.25 bits per heavy atom. The summed E-state index contributed by atoms with van der Waals surface area (Å²) in [6, 6.07) is 3.23. The van der Waals surface area contributed by atoms with E-state index in [1.54, 1.807) is 23.5 Å². The van der Waals surface area contributed by atoms with E-state index in [1.165, 1.54) is 12.0 Å². The van der Waals surface area contributed by atoms with Crippen LogP contribution in [0.15, 0.2) is 21.4 Å². The van der Waals surface area contributed by atoms with E-state index in [0.29, 0.717) is 21.2 Å². The summed E-state index contributed by atoms with van der Waals surface area (Å²) in [7, 11) is -2.32. The highest BCUT2D eigenvalue weighted by Crippen LogP contribution is 2.40. The highest BCUT2D eigenvalue weighted by atomic mass is 79.9. The Labute approximate surface area is 174 Å². The molecule has 10 heteroatoms. The molecular formula is C18H17BrN2O5S2. The SMILES string of the molecule is COc1cc(-c2nc3sc4c(c3c(=O)[nH]2)CCCC4)cc(Br)c1OS(C)(=O)=O. The van der Waals surface area contributed by atoms with Gasteiger partial charge in [0.05, 0.1) is 23.2 Å². The molecule has 0 saturated heterocycles. The second kappa shape index (κ2) is 7.16. The van der Waals surface area contributed by atoms with Crippen LogP contribution in [-0.4, -0.2) is 31.8 Å². The summed E-state index contributed by atoms with van der Waals surface area (Å²) >= 11 is 4.89. The molecule has 0 spiro atoms. The lowest BCUT2D eigenvalue weighted by atomic mass is 9.97. The number of aromatic amines is 1. The van der Waals surface area contributed by atoms with Crippen LogP contribution in [0.4, 0.5) is 0 Å². The average molecular weight is 485 g/mol. The lowest BCUT2D eigenvalue weighted by Gasteiger charge is -2.12. The summed E-state index contributed by atoms with van der Waals surface area (Å²) in [5.41, 5.74) is 1.54. The van der Waals surface area contributed by atoms with Crippen LogP contribution < -0.4 is 14.5 Å². The first-order valence-corrected chi connectivity index (χ1v) is 12.0. The number of thiophene rings is 1. The molecule has 4 rings (SSSR count). The Bertz CT molecular complexity index is 1250. The van der Waals surface area contributed by atoms with Gasteiger partial charge in [0.2, 0.25) is 0 Å². The molecule has 2 aromatic heterocycles. The van der Waals surface area contributed by atoms with Gasteiger partial charge in [0.25, 0.3) is 5.56 Å². The number of fused-ring (bicyclic) bond motifs is 3. The van der Waals surface area contributed by atoms with Crippen molar-refractivity contribution in [3.05, 3.63) is 37.4 Å². The first-order chi connectivity index (χ1) is 13.3. The molecule has 3 aromatic rings. The van der Waals surface area contributed by atoms with Crippen molar-refractivity contribution >= 4 is 47.6 Å². The van der Waals surface area contributed by atoms with Crippen molar-refractivity contribution in [1.29, 1.82) is 0 Å². The van der Waals surface area contributed by atoms with Gasteiger partial charge in [-0.15, -0.1) is 11.3 Å². The number of hydrogen-bond donors (Lipinski definition) is 1. The zero-order chi connectivity index (χ0) is 20.1. The zero-order valence-corrected chi connectivity index (χ0v) is 18.4. The number of H-pyrrole nitrogens is 1. The lowest BCUT2D eigenvalue weighted by molar-refractivity contribution is 0.390. The van der Waals surface area contributed by atoms with E-state index in [0.717, 1.165) is 42.3 Å². The third-order valence-corrected chi connectivity index (χ3v) is 6.81. The number of hydrogen-bond acceptors (Lipinski definition) is 7. The molecular weight excluding hydrogens is 468 g/mol. The van der Waals surface area contributed by atoms with Crippen LogP contribution in [0.5, 0.6) is 11.5 Å². The molecule has 0 fully saturated rings. The summed E-state index contributed by atoms with van der Waals surface area (Å²) in [5.74, 6) is 0.646. The van der Waals surface area contributed by atoms with Gasteiger partial charge in [-0.3, -0.25) is 4.79 Å². The van der Waals surface area contributed by atoms with Gasteiger partial charge in [-0.25, -0.2) is 4.98 Å². The molecule has 1 N–H and O–H groups in total. The van der Waals surface area contributed by atoms with Crippen molar-refractivity contribution in [2.75, 3.05) is 13.4 Å². The first-order valence-electron chi connectivity index (χ1n) is 8.59. The summed E-state index contributed by atoms with van der Waals surface area (Å²) < 4.78 is 33.7. The monoisotopic (exact) mass is 484 g/mol. The number of aryl methyl sites for hydroxylation is 2. The molecule has 28 heavy (non-hydrogen) atoms. The third kappa shape index (κ3) is 3.56. The van der Waals surface area contributed by atoms with Crippen molar-refractivity contribution in [1.82, 2.24) is 9.97 Å². The molecule has 7 nitrogen and oxygen atoms in total. The smallest absolute Gasteiger partial charge is 0.306 e. The van der Waals surface area contributed by atoms with E-state index in [4.69, 9.17) is 8.92 Å². The van der Waals surface area contributed by atoms with Crippen LogP contribution in [0.25, 0.3) is 21.6 Å². The number of methoxy groups -OCH3 is 1. The summed E-state index contributed by atoms with van der Waals surface area (Å²) in [5, 5.41) is 0.687. The van der Waals surface area contributed by atoms with E-state index in [1.807, 2.05) is 0 Å². The average Bonchev–Trinajstić information content (AvgIpc) is 3.01. The van der Waals surface area contributed by atoms with E-state index >= 15 is 0 Å². The fourth-order valence-electron chi connectivity index (χ4n) is 3.39.